The van der Waals surface area contributed by atoms with Crippen LogP contribution in [0.4, 0.5) is 0 Å². The summed E-state index contributed by atoms with van der Waals surface area (Å²) in [6, 6.07) is 8.03. The Hall–Kier alpha value is -2.54. The van der Waals surface area contributed by atoms with E-state index in [1.807, 2.05) is 29.1 Å². The van der Waals surface area contributed by atoms with Crippen molar-refractivity contribution in [3.05, 3.63) is 41.7 Å². The van der Waals surface area contributed by atoms with Crippen molar-refractivity contribution in [3.8, 4) is 11.5 Å². The van der Waals surface area contributed by atoms with Crippen molar-refractivity contribution in [1.82, 2.24) is 20.4 Å². The van der Waals surface area contributed by atoms with Gasteiger partial charge in [-0.2, -0.15) is 5.10 Å². The summed E-state index contributed by atoms with van der Waals surface area (Å²) in [5.41, 5.74) is 1.58. The topological polar surface area (TPSA) is 77.4 Å². The number of nitrogens with zero attached hydrogens (tertiary/aromatic N) is 2. The number of rotatable bonds is 5. The van der Waals surface area contributed by atoms with E-state index in [1.54, 1.807) is 6.07 Å². The van der Waals surface area contributed by atoms with Gasteiger partial charge in [0, 0.05) is 19.3 Å². The summed E-state index contributed by atoms with van der Waals surface area (Å²) in [6.07, 6.45) is 4.87. The van der Waals surface area contributed by atoms with Gasteiger partial charge in [0.15, 0.2) is 11.5 Å². The minimum Gasteiger partial charge on any atom is -0.486 e. The van der Waals surface area contributed by atoms with Crippen LogP contribution in [0.3, 0.4) is 0 Å². The average Bonchev–Trinajstić information content (AvgIpc) is 3.19. The molecule has 2 aliphatic rings. The second-order valence-corrected chi connectivity index (χ2v) is 6.67. The maximum Gasteiger partial charge on any atom is 0.271 e. The first-order valence-electron chi connectivity index (χ1n) is 9.22. The second kappa shape index (κ2) is 7.78. The number of carbonyl (C=O) groups excluding carboxylic acids is 1. The molecule has 7 heteroatoms. The molecular weight excluding hydrogens is 332 g/mol. The predicted octanol–water partition coefficient (Wildman–Crippen LogP) is 1.55. The van der Waals surface area contributed by atoms with Crippen LogP contribution < -0.4 is 20.1 Å². The third kappa shape index (κ3) is 3.83. The molecule has 0 radical (unpaired) electrons. The third-order valence-electron chi connectivity index (χ3n) is 4.79. The lowest BCUT2D eigenvalue weighted by molar-refractivity contribution is 0.0947. The number of ether oxygens (including phenoxy) is 2. The molecule has 1 amide bonds. The fourth-order valence-electron chi connectivity index (χ4n) is 3.38. The van der Waals surface area contributed by atoms with Gasteiger partial charge >= 0.3 is 0 Å². The Labute approximate surface area is 152 Å². The van der Waals surface area contributed by atoms with Gasteiger partial charge in [0.25, 0.3) is 5.91 Å². The molecule has 0 spiro atoms. The van der Waals surface area contributed by atoms with E-state index < -0.39 is 0 Å². The van der Waals surface area contributed by atoms with Crippen LogP contribution >= 0.6 is 0 Å². The molecule has 3 heterocycles. The molecule has 1 aromatic heterocycles. The SMILES string of the molecule is O=C(NCCc1ccc2c(c1)OCCO2)c1ccn(C2CCCNC2)n1. The molecule has 2 aliphatic heterocycles. The van der Waals surface area contributed by atoms with Gasteiger partial charge in [-0.25, -0.2) is 0 Å². The number of hydrogen-bond acceptors (Lipinski definition) is 5. The Morgan fingerprint density at radius 3 is 3.00 bits per heavy atom. The molecule has 1 fully saturated rings. The van der Waals surface area contributed by atoms with Crippen LogP contribution in [0.2, 0.25) is 0 Å². The summed E-state index contributed by atoms with van der Waals surface area (Å²) in [5, 5.41) is 10.8. The Balaban J connectivity index is 1.29. The molecule has 4 rings (SSSR count). The zero-order chi connectivity index (χ0) is 17.8. The largest absolute Gasteiger partial charge is 0.486 e. The van der Waals surface area contributed by atoms with Gasteiger partial charge < -0.3 is 20.1 Å². The molecule has 1 saturated heterocycles. The van der Waals surface area contributed by atoms with Crippen LogP contribution in [-0.4, -0.2) is 48.5 Å². The van der Waals surface area contributed by atoms with E-state index in [4.69, 9.17) is 9.47 Å². The summed E-state index contributed by atoms with van der Waals surface area (Å²) < 4.78 is 13.0. The number of aromatic nitrogens is 2. The van der Waals surface area contributed by atoms with E-state index in [0.717, 1.165) is 49.4 Å². The number of piperidine rings is 1. The number of benzene rings is 1. The van der Waals surface area contributed by atoms with Gasteiger partial charge in [-0.3, -0.25) is 9.48 Å². The fraction of sp³-hybridized carbons (Fsp3) is 0.474. The van der Waals surface area contributed by atoms with E-state index in [-0.39, 0.29) is 5.91 Å². The summed E-state index contributed by atoms with van der Waals surface area (Å²) in [5.74, 6) is 1.43. The predicted molar refractivity (Wildman–Crippen MR) is 96.8 cm³/mol. The van der Waals surface area contributed by atoms with Crippen molar-refractivity contribution in [2.24, 2.45) is 0 Å². The van der Waals surface area contributed by atoms with Gasteiger partial charge in [0.1, 0.15) is 18.9 Å². The van der Waals surface area contributed by atoms with E-state index in [1.165, 1.54) is 0 Å². The highest BCUT2D eigenvalue weighted by Crippen LogP contribution is 2.30. The number of carbonyl (C=O) groups is 1. The Kier molecular flexibility index (Phi) is 5.06. The Morgan fingerprint density at radius 2 is 2.15 bits per heavy atom. The van der Waals surface area contributed by atoms with Crippen LogP contribution in [0.5, 0.6) is 11.5 Å². The third-order valence-corrected chi connectivity index (χ3v) is 4.79. The summed E-state index contributed by atoms with van der Waals surface area (Å²) >= 11 is 0. The minimum atomic E-state index is -0.134. The van der Waals surface area contributed by atoms with Crippen molar-refractivity contribution >= 4 is 5.91 Å². The van der Waals surface area contributed by atoms with Crippen LogP contribution in [0.15, 0.2) is 30.5 Å². The van der Waals surface area contributed by atoms with Gasteiger partial charge in [0.2, 0.25) is 0 Å². The Morgan fingerprint density at radius 1 is 1.27 bits per heavy atom. The molecule has 1 atom stereocenters. The zero-order valence-corrected chi connectivity index (χ0v) is 14.7. The zero-order valence-electron chi connectivity index (χ0n) is 14.7. The lowest BCUT2D eigenvalue weighted by atomic mass is 10.1. The monoisotopic (exact) mass is 356 g/mol. The molecule has 1 aromatic carbocycles. The quantitative estimate of drug-likeness (QED) is 0.850. The first kappa shape index (κ1) is 16.9. The highest BCUT2D eigenvalue weighted by molar-refractivity contribution is 5.92. The van der Waals surface area contributed by atoms with E-state index in [2.05, 4.69) is 15.7 Å². The van der Waals surface area contributed by atoms with Crippen LogP contribution in [-0.2, 0) is 6.42 Å². The lowest BCUT2D eigenvalue weighted by Crippen LogP contribution is -2.32. The van der Waals surface area contributed by atoms with Crippen LogP contribution in [0.25, 0.3) is 0 Å². The van der Waals surface area contributed by atoms with E-state index in [9.17, 15) is 4.79 Å². The molecular formula is C19H24N4O3. The second-order valence-electron chi connectivity index (χ2n) is 6.67. The highest BCUT2D eigenvalue weighted by atomic mass is 16.6. The first-order valence-corrected chi connectivity index (χ1v) is 9.22. The van der Waals surface area contributed by atoms with Crippen molar-refractivity contribution in [2.75, 3.05) is 32.8 Å². The highest BCUT2D eigenvalue weighted by Gasteiger charge is 2.17. The summed E-state index contributed by atoms with van der Waals surface area (Å²) in [6.45, 7) is 3.69. The molecule has 2 N–H and O–H groups in total. The minimum absolute atomic E-state index is 0.134. The fourth-order valence-corrected chi connectivity index (χ4v) is 3.38. The number of fused-ring (bicyclic) bond motifs is 1. The molecule has 2 aromatic rings. The number of nitrogens with one attached hydrogen (secondary N) is 2. The first-order chi connectivity index (χ1) is 12.8. The van der Waals surface area contributed by atoms with E-state index >= 15 is 0 Å². The maximum absolute atomic E-state index is 12.3. The lowest BCUT2D eigenvalue weighted by Gasteiger charge is -2.22. The Bertz CT molecular complexity index is 768. The standard InChI is InChI=1S/C19H24N4O3/c24-19(16-6-9-23(22-16)15-2-1-7-20-13-15)21-8-5-14-3-4-17-18(12-14)26-11-10-25-17/h3-4,6,9,12,15,20H,1-2,5,7-8,10-11,13H2,(H,21,24). The van der Waals surface area contributed by atoms with Crippen molar-refractivity contribution in [3.63, 3.8) is 0 Å². The molecule has 138 valence electrons. The molecule has 0 aliphatic carbocycles. The van der Waals surface area contributed by atoms with E-state index in [0.29, 0.717) is 31.5 Å². The van der Waals surface area contributed by atoms with Gasteiger partial charge in [-0.05, 0) is 49.6 Å². The molecule has 0 saturated carbocycles. The van der Waals surface area contributed by atoms with Gasteiger partial charge in [-0.1, -0.05) is 6.07 Å². The molecule has 26 heavy (non-hydrogen) atoms. The smallest absolute Gasteiger partial charge is 0.271 e. The molecule has 7 nitrogen and oxygen atoms in total. The number of hydrogen-bond donors (Lipinski definition) is 2. The van der Waals surface area contributed by atoms with Crippen molar-refractivity contribution in [1.29, 1.82) is 0 Å². The van der Waals surface area contributed by atoms with Crippen molar-refractivity contribution < 1.29 is 14.3 Å². The van der Waals surface area contributed by atoms with Gasteiger partial charge in [-0.15, -0.1) is 0 Å². The molecule has 1 unspecified atom stereocenters. The number of amides is 1. The maximum atomic E-state index is 12.3. The van der Waals surface area contributed by atoms with Crippen molar-refractivity contribution in [2.45, 2.75) is 25.3 Å². The van der Waals surface area contributed by atoms with Gasteiger partial charge in [0.05, 0.1) is 6.04 Å². The summed E-state index contributed by atoms with van der Waals surface area (Å²) in [4.78, 5) is 12.3. The normalized spacial score (nSPS) is 19.2. The molecule has 0 bridgehead atoms. The van der Waals surface area contributed by atoms with Crippen LogP contribution in [0.1, 0.15) is 34.9 Å². The average molecular weight is 356 g/mol. The summed E-state index contributed by atoms with van der Waals surface area (Å²) in [7, 11) is 0. The van der Waals surface area contributed by atoms with Crippen LogP contribution in [0, 0.1) is 0 Å².